The smallest absolute Gasteiger partial charge is 0.191 e. The van der Waals surface area contributed by atoms with Crippen LogP contribution >= 0.6 is 11.3 Å². The Bertz CT molecular complexity index is 729. The summed E-state index contributed by atoms with van der Waals surface area (Å²) in [5, 5.41) is 10.0. The van der Waals surface area contributed by atoms with Crippen LogP contribution in [0.3, 0.4) is 0 Å². The summed E-state index contributed by atoms with van der Waals surface area (Å²) in [4.78, 5) is 9.20. The van der Waals surface area contributed by atoms with Crippen LogP contribution in [0.5, 0.6) is 0 Å². The van der Waals surface area contributed by atoms with Crippen LogP contribution in [0.25, 0.3) is 0 Å². The molecule has 8 heteroatoms. The SMILES string of the molecule is Cc1csc(CN=C(NCC2CCS(=O)(=O)C2)NC2CCCCC2C)n1. The molecule has 0 radical (unpaired) electrons. The van der Waals surface area contributed by atoms with Crippen LogP contribution in [-0.2, 0) is 16.4 Å². The second kappa shape index (κ2) is 8.69. The van der Waals surface area contributed by atoms with Gasteiger partial charge in [-0.1, -0.05) is 19.8 Å². The summed E-state index contributed by atoms with van der Waals surface area (Å²) in [6.45, 7) is 5.49. The van der Waals surface area contributed by atoms with E-state index in [0.717, 1.165) is 29.5 Å². The molecule has 2 heterocycles. The summed E-state index contributed by atoms with van der Waals surface area (Å²) in [5.74, 6) is 2.21. The van der Waals surface area contributed by atoms with Crippen LogP contribution in [0.15, 0.2) is 10.4 Å². The molecule has 2 N–H and O–H groups in total. The Morgan fingerprint density at radius 2 is 2.15 bits per heavy atom. The Morgan fingerprint density at radius 1 is 1.35 bits per heavy atom. The zero-order valence-electron chi connectivity index (χ0n) is 15.7. The highest BCUT2D eigenvalue weighted by molar-refractivity contribution is 7.91. The van der Waals surface area contributed by atoms with Crippen molar-refractivity contribution in [3.05, 3.63) is 16.1 Å². The van der Waals surface area contributed by atoms with Gasteiger partial charge in [0.25, 0.3) is 0 Å². The first-order valence-electron chi connectivity index (χ1n) is 9.57. The van der Waals surface area contributed by atoms with Gasteiger partial charge < -0.3 is 10.6 Å². The molecule has 2 aliphatic rings. The summed E-state index contributed by atoms with van der Waals surface area (Å²) in [6.07, 6.45) is 5.71. The van der Waals surface area contributed by atoms with Gasteiger partial charge in [0.2, 0.25) is 0 Å². The van der Waals surface area contributed by atoms with Crippen molar-refractivity contribution < 1.29 is 8.42 Å². The van der Waals surface area contributed by atoms with Gasteiger partial charge in [0.1, 0.15) is 5.01 Å². The molecule has 26 heavy (non-hydrogen) atoms. The number of thiazole rings is 1. The third-order valence-electron chi connectivity index (χ3n) is 5.36. The van der Waals surface area contributed by atoms with Crippen molar-refractivity contribution >= 4 is 27.1 Å². The van der Waals surface area contributed by atoms with E-state index in [1.165, 1.54) is 19.3 Å². The zero-order valence-corrected chi connectivity index (χ0v) is 17.3. The standard InChI is InChI=1S/C18H30N4O2S2/c1-13-5-3-4-6-16(13)22-18(20-10-17-21-14(2)11-25-17)19-9-15-7-8-26(23,24)12-15/h11,13,15-16H,3-10,12H2,1-2H3,(H2,19,20,22). The number of aliphatic imine (C=N–C) groups is 1. The fourth-order valence-corrected chi connectivity index (χ4v) is 6.31. The third-order valence-corrected chi connectivity index (χ3v) is 8.15. The second-order valence-electron chi connectivity index (χ2n) is 7.71. The van der Waals surface area contributed by atoms with Gasteiger partial charge >= 0.3 is 0 Å². The number of aromatic nitrogens is 1. The highest BCUT2D eigenvalue weighted by atomic mass is 32.2. The maximum Gasteiger partial charge on any atom is 0.191 e. The Hall–Kier alpha value is -1.15. The molecule has 0 bridgehead atoms. The molecule has 3 unspecified atom stereocenters. The van der Waals surface area contributed by atoms with Crippen molar-refractivity contribution in [3.63, 3.8) is 0 Å². The molecule has 146 valence electrons. The third kappa shape index (κ3) is 5.67. The van der Waals surface area contributed by atoms with E-state index in [9.17, 15) is 8.42 Å². The fraction of sp³-hybridized carbons (Fsp3) is 0.778. The molecule has 1 aromatic heterocycles. The van der Waals surface area contributed by atoms with Crippen molar-refractivity contribution in [1.82, 2.24) is 15.6 Å². The number of hydrogen-bond donors (Lipinski definition) is 2. The highest BCUT2D eigenvalue weighted by Crippen LogP contribution is 2.24. The quantitative estimate of drug-likeness (QED) is 0.588. The Balaban J connectivity index is 1.62. The Labute approximate surface area is 160 Å². The van der Waals surface area contributed by atoms with E-state index < -0.39 is 9.84 Å². The molecule has 6 nitrogen and oxygen atoms in total. The van der Waals surface area contributed by atoms with Crippen LogP contribution in [0.1, 0.15) is 49.7 Å². The topological polar surface area (TPSA) is 83.5 Å². The van der Waals surface area contributed by atoms with E-state index in [1.807, 2.05) is 12.3 Å². The van der Waals surface area contributed by atoms with Crippen LogP contribution < -0.4 is 10.6 Å². The molecule has 0 aromatic carbocycles. The van der Waals surface area contributed by atoms with Crippen LogP contribution in [0, 0.1) is 18.8 Å². The number of nitrogens with zero attached hydrogens (tertiary/aromatic N) is 2. The lowest BCUT2D eigenvalue weighted by Crippen LogP contribution is -2.48. The second-order valence-corrected chi connectivity index (χ2v) is 10.9. The number of nitrogens with one attached hydrogen (secondary N) is 2. The first-order valence-corrected chi connectivity index (χ1v) is 12.3. The van der Waals surface area contributed by atoms with Crippen LogP contribution in [-0.4, -0.2) is 43.5 Å². The van der Waals surface area contributed by atoms with Gasteiger partial charge in [-0.25, -0.2) is 18.4 Å². The monoisotopic (exact) mass is 398 g/mol. The maximum atomic E-state index is 11.7. The Kier molecular flexibility index (Phi) is 6.55. The van der Waals surface area contributed by atoms with Crippen molar-refractivity contribution in [2.24, 2.45) is 16.8 Å². The number of guanidine groups is 1. The van der Waals surface area contributed by atoms with Crippen LogP contribution in [0.4, 0.5) is 0 Å². The van der Waals surface area contributed by atoms with Gasteiger partial charge in [0.05, 0.1) is 18.1 Å². The predicted molar refractivity (Wildman–Crippen MR) is 107 cm³/mol. The van der Waals surface area contributed by atoms with E-state index in [4.69, 9.17) is 4.99 Å². The number of rotatable bonds is 5. The fourth-order valence-electron chi connectivity index (χ4n) is 3.75. The minimum Gasteiger partial charge on any atom is -0.356 e. The summed E-state index contributed by atoms with van der Waals surface area (Å²) in [6, 6.07) is 0.431. The maximum absolute atomic E-state index is 11.7. The first kappa shape index (κ1) is 19.6. The first-order chi connectivity index (χ1) is 12.4. The molecule has 1 saturated heterocycles. The molecule has 3 rings (SSSR count). The largest absolute Gasteiger partial charge is 0.356 e. The molecular weight excluding hydrogens is 368 g/mol. The van der Waals surface area contributed by atoms with Gasteiger partial charge in [-0.05, 0) is 38.0 Å². The minimum atomic E-state index is -2.84. The summed E-state index contributed by atoms with van der Waals surface area (Å²) < 4.78 is 23.4. The van der Waals surface area contributed by atoms with Gasteiger partial charge in [-0.15, -0.1) is 11.3 Å². The number of sulfone groups is 1. The van der Waals surface area contributed by atoms with Gasteiger partial charge in [0, 0.05) is 23.7 Å². The van der Waals surface area contributed by atoms with E-state index in [0.29, 0.717) is 36.6 Å². The lowest BCUT2D eigenvalue weighted by atomic mass is 9.86. The van der Waals surface area contributed by atoms with E-state index >= 15 is 0 Å². The highest BCUT2D eigenvalue weighted by Gasteiger charge is 2.28. The molecule has 0 amide bonds. The average Bonchev–Trinajstić information content (AvgIpc) is 3.17. The van der Waals surface area contributed by atoms with Crippen molar-refractivity contribution in [2.75, 3.05) is 18.1 Å². The lowest BCUT2D eigenvalue weighted by molar-refractivity contribution is 0.306. The van der Waals surface area contributed by atoms with Gasteiger partial charge in [-0.3, -0.25) is 0 Å². The lowest BCUT2D eigenvalue weighted by Gasteiger charge is -2.31. The zero-order chi connectivity index (χ0) is 18.6. The van der Waals surface area contributed by atoms with Gasteiger partial charge in [-0.2, -0.15) is 0 Å². The minimum absolute atomic E-state index is 0.179. The molecule has 1 aliphatic heterocycles. The van der Waals surface area contributed by atoms with E-state index in [-0.39, 0.29) is 5.92 Å². The molecule has 1 saturated carbocycles. The summed E-state index contributed by atoms with van der Waals surface area (Å²) >= 11 is 1.63. The summed E-state index contributed by atoms with van der Waals surface area (Å²) in [5.41, 5.74) is 1.03. The van der Waals surface area contributed by atoms with E-state index in [1.54, 1.807) is 11.3 Å². The van der Waals surface area contributed by atoms with Crippen molar-refractivity contribution in [3.8, 4) is 0 Å². The van der Waals surface area contributed by atoms with Crippen LogP contribution in [0.2, 0.25) is 0 Å². The molecular formula is C18H30N4O2S2. The molecule has 3 atom stereocenters. The normalized spacial score (nSPS) is 28.8. The molecule has 2 fully saturated rings. The van der Waals surface area contributed by atoms with E-state index in [2.05, 4.69) is 22.5 Å². The molecule has 1 aromatic rings. The number of aryl methyl sites for hydroxylation is 1. The van der Waals surface area contributed by atoms with Gasteiger partial charge in [0.15, 0.2) is 15.8 Å². The van der Waals surface area contributed by atoms with Crippen molar-refractivity contribution in [1.29, 1.82) is 0 Å². The predicted octanol–water partition coefficient (Wildman–Crippen LogP) is 2.50. The molecule has 0 spiro atoms. The van der Waals surface area contributed by atoms with Crippen molar-refractivity contribution in [2.45, 2.75) is 58.5 Å². The summed E-state index contributed by atoms with van der Waals surface area (Å²) in [7, 11) is -2.84. The molecule has 1 aliphatic carbocycles. The number of hydrogen-bond acceptors (Lipinski definition) is 5. The Morgan fingerprint density at radius 3 is 2.81 bits per heavy atom. The average molecular weight is 399 g/mol.